The summed E-state index contributed by atoms with van der Waals surface area (Å²) in [5, 5.41) is 3.82. The molecule has 0 aromatic carbocycles. The van der Waals surface area contributed by atoms with Gasteiger partial charge in [-0.15, -0.1) is 0 Å². The van der Waals surface area contributed by atoms with Crippen LogP contribution in [-0.2, 0) is 9.59 Å². The molecule has 0 saturated heterocycles. The van der Waals surface area contributed by atoms with Crippen LogP contribution in [0.1, 0.15) is 0 Å². The van der Waals surface area contributed by atoms with E-state index < -0.39 is 11.0 Å². The molecule has 0 rings (SSSR count). The lowest BCUT2D eigenvalue weighted by atomic mass is 10.7. The zero-order chi connectivity index (χ0) is 5.86. The molecular weight excluding hydrogens is 116 g/mol. The van der Waals surface area contributed by atoms with Gasteiger partial charge in [0.2, 0.25) is 0 Å². The summed E-state index contributed by atoms with van der Waals surface area (Å²) in [6.45, 7) is 0. The average molecular weight is 120 g/mol. The first-order chi connectivity index (χ1) is 3.18. The Morgan fingerprint density at radius 3 is 1.86 bits per heavy atom. The highest BCUT2D eigenvalue weighted by molar-refractivity contribution is 8.13. The maximum absolute atomic E-state index is 9.88. The second kappa shape index (κ2) is 2.59. The second-order valence-electron chi connectivity index (χ2n) is 0.770. The highest BCUT2D eigenvalue weighted by Gasteiger charge is 2.04. The Morgan fingerprint density at radius 1 is 1.43 bits per heavy atom. The maximum Gasteiger partial charge on any atom is 0.297 e. The van der Waals surface area contributed by atoms with Crippen molar-refractivity contribution in [2.45, 2.75) is 0 Å². The Balaban J connectivity index is 3.58. The molecule has 0 saturated carbocycles. The molecule has 5 heteroatoms. The van der Waals surface area contributed by atoms with E-state index in [0.29, 0.717) is 11.9 Å². The monoisotopic (exact) mass is 120 g/mol. The van der Waals surface area contributed by atoms with Crippen LogP contribution >= 0.6 is 11.9 Å². The van der Waals surface area contributed by atoms with Crippen LogP contribution < -0.4 is 10.9 Å². The van der Waals surface area contributed by atoms with Gasteiger partial charge in [0, 0.05) is 11.9 Å². The highest BCUT2D eigenvalue weighted by Crippen LogP contribution is 1.84. The third-order valence-corrected chi connectivity index (χ3v) is 0.723. The molecular formula is C2H4N2O2S. The molecule has 0 bridgehead atoms. The predicted octanol–water partition coefficient (Wildman–Crippen LogP) is -1.39. The van der Waals surface area contributed by atoms with Gasteiger partial charge in [0.15, 0.2) is 0 Å². The number of carbonyl (C=O) groups excluding carboxylic acids is 2. The molecule has 0 atom stereocenters. The summed E-state index contributed by atoms with van der Waals surface area (Å²) >= 11 is 0.319. The molecule has 0 aliphatic rings. The number of hydrogen-bond acceptors (Lipinski definition) is 4. The van der Waals surface area contributed by atoms with Crippen LogP contribution in [0.25, 0.3) is 0 Å². The number of primary amides is 1. The minimum atomic E-state index is -1.01. The SMILES string of the molecule is NSC(=O)C(N)=O. The molecule has 0 aliphatic carbocycles. The molecule has 0 fully saturated rings. The molecule has 0 spiro atoms. The van der Waals surface area contributed by atoms with E-state index in [1.807, 2.05) is 0 Å². The van der Waals surface area contributed by atoms with Gasteiger partial charge in [-0.3, -0.25) is 14.7 Å². The minimum Gasteiger partial charge on any atom is -0.362 e. The van der Waals surface area contributed by atoms with Gasteiger partial charge in [0.05, 0.1) is 0 Å². The van der Waals surface area contributed by atoms with Gasteiger partial charge in [-0.2, -0.15) is 0 Å². The zero-order valence-electron chi connectivity index (χ0n) is 3.38. The first-order valence-electron chi connectivity index (χ1n) is 1.39. The molecule has 7 heavy (non-hydrogen) atoms. The summed E-state index contributed by atoms with van der Waals surface area (Å²) in [4.78, 5) is 19.6. The smallest absolute Gasteiger partial charge is 0.297 e. The third kappa shape index (κ3) is 2.18. The Bertz CT molecular complexity index is 102. The highest BCUT2D eigenvalue weighted by atomic mass is 32.2. The van der Waals surface area contributed by atoms with E-state index >= 15 is 0 Å². The molecule has 40 valence electrons. The fourth-order valence-corrected chi connectivity index (χ4v) is 0.174. The lowest BCUT2D eigenvalue weighted by molar-refractivity contribution is -0.130. The van der Waals surface area contributed by atoms with Crippen molar-refractivity contribution >= 4 is 23.0 Å². The quantitative estimate of drug-likeness (QED) is 0.304. The van der Waals surface area contributed by atoms with Crippen molar-refractivity contribution in [2.75, 3.05) is 0 Å². The number of carbonyl (C=O) groups is 2. The standard InChI is InChI=1S/C2H4N2O2S/c3-1(5)2(6)7-4/h4H2,(H2,3,5). The first kappa shape index (κ1) is 6.45. The van der Waals surface area contributed by atoms with E-state index in [1.165, 1.54) is 0 Å². The van der Waals surface area contributed by atoms with Crippen LogP contribution in [0.2, 0.25) is 0 Å². The van der Waals surface area contributed by atoms with Crippen molar-refractivity contribution in [1.29, 1.82) is 0 Å². The van der Waals surface area contributed by atoms with Crippen molar-refractivity contribution in [2.24, 2.45) is 10.9 Å². The molecule has 1 amide bonds. The van der Waals surface area contributed by atoms with Crippen LogP contribution in [0.15, 0.2) is 0 Å². The Labute approximate surface area is 44.4 Å². The van der Waals surface area contributed by atoms with Gasteiger partial charge in [0.1, 0.15) is 0 Å². The van der Waals surface area contributed by atoms with Gasteiger partial charge in [-0.05, 0) is 0 Å². The zero-order valence-corrected chi connectivity index (χ0v) is 4.20. The summed E-state index contributed by atoms with van der Waals surface area (Å²) in [5.41, 5.74) is 4.46. The molecule has 0 aliphatic heterocycles. The molecule has 0 aromatic heterocycles. The van der Waals surface area contributed by atoms with Gasteiger partial charge in [0.25, 0.3) is 11.0 Å². The second-order valence-corrected chi connectivity index (χ2v) is 1.38. The maximum atomic E-state index is 9.88. The van der Waals surface area contributed by atoms with Crippen molar-refractivity contribution in [1.82, 2.24) is 0 Å². The Kier molecular flexibility index (Phi) is 2.39. The van der Waals surface area contributed by atoms with Crippen LogP contribution in [0.5, 0.6) is 0 Å². The molecule has 0 heterocycles. The fourth-order valence-electron chi connectivity index (χ4n) is 0.0581. The van der Waals surface area contributed by atoms with Crippen molar-refractivity contribution in [3.63, 3.8) is 0 Å². The lowest BCUT2D eigenvalue weighted by Crippen LogP contribution is -2.21. The van der Waals surface area contributed by atoms with E-state index in [0.717, 1.165) is 0 Å². The van der Waals surface area contributed by atoms with Gasteiger partial charge in [-0.25, -0.2) is 0 Å². The van der Waals surface area contributed by atoms with E-state index in [9.17, 15) is 9.59 Å². The minimum absolute atomic E-state index is 0.319. The van der Waals surface area contributed by atoms with E-state index in [4.69, 9.17) is 0 Å². The van der Waals surface area contributed by atoms with E-state index in [2.05, 4.69) is 10.9 Å². The summed E-state index contributed by atoms with van der Waals surface area (Å²) in [5.74, 6) is -1.01. The topological polar surface area (TPSA) is 86.2 Å². The average Bonchev–Trinajstić information content (AvgIpc) is 1.65. The predicted molar refractivity (Wildman–Crippen MR) is 26.0 cm³/mol. The summed E-state index contributed by atoms with van der Waals surface area (Å²) in [7, 11) is 0. The number of hydrogen-bond donors (Lipinski definition) is 2. The molecule has 4 nitrogen and oxygen atoms in total. The number of nitrogens with two attached hydrogens (primary N) is 2. The summed E-state index contributed by atoms with van der Waals surface area (Å²) < 4.78 is 0. The van der Waals surface area contributed by atoms with Crippen LogP contribution in [0.3, 0.4) is 0 Å². The first-order valence-corrected chi connectivity index (χ1v) is 2.27. The van der Waals surface area contributed by atoms with Crippen molar-refractivity contribution in [3.8, 4) is 0 Å². The number of rotatable bonds is 0. The molecule has 0 aromatic rings. The van der Waals surface area contributed by atoms with Gasteiger partial charge < -0.3 is 5.73 Å². The van der Waals surface area contributed by atoms with Gasteiger partial charge >= 0.3 is 0 Å². The molecule has 0 unspecified atom stereocenters. The van der Waals surface area contributed by atoms with Crippen LogP contribution in [-0.4, -0.2) is 11.0 Å². The van der Waals surface area contributed by atoms with E-state index in [-0.39, 0.29) is 0 Å². The largest absolute Gasteiger partial charge is 0.362 e. The van der Waals surface area contributed by atoms with E-state index in [1.54, 1.807) is 0 Å². The van der Waals surface area contributed by atoms with Crippen molar-refractivity contribution in [3.05, 3.63) is 0 Å². The van der Waals surface area contributed by atoms with Gasteiger partial charge in [-0.1, -0.05) is 0 Å². The molecule has 0 radical (unpaired) electrons. The van der Waals surface area contributed by atoms with Crippen LogP contribution in [0, 0.1) is 0 Å². The summed E-state index contributed by atoms with van der Waals surface area (Å²) in [6.07, 6.45) is 0. The third-order valence-electron chi connectivity index (χ3n) is 0.308. The molecule has 4 N–H and O–H groups in total. The fraction of sp³-hybridized carbons (Fsp3) is 0. The normalized spacial score (nSPS) is 8.14. The lowest BCUT2D eigenvalue weighted by Gasteiger charge is -1.81. The Hall–Kier alpha value is -0.550. The Morgan fingerprint density at radius 2 is 1.86 bits per heavy atom. The van der Waals surface area contributed by atoms with Crippen LogP contribution in [0.4, 0.5) is 0 Å². The van der Waals surface area contributed by atoms with Crippen molar-refractivity contribution < 1.29 is 9.59 Å². The number of amides is 1. The summed E-state index contributed by atoms with van der Waals surface area (Å²) in [6, 6.07) is 0.